The minimum Gasteiger partial charge on any atom is -0.437 e. The molecule has 0 aliphatic rings. The lowest BCUT2D eigenvalue weighted by atomic mass is 10.3. The molecular weight excluding hydrogens is 280 g/mol. The highest BCUT2D eigenvalue weighted by molar-refractivity contribution is 6.34. The standard InChI is InChI=1S/C12H8Cl3NO/c13-6-8-1-4-12(16-7-8)17-11-5-9(14)2-3-10(11)15/h1-5,7H,6H2. The van der Waals surface area contributed by atoms with Gasteiger partial charge in [0.15, 0.2) is 0 Å². The summed E-state index contributed by atoms with van der Waals surface area (Å²) in [5.41, 5.74) is 0.927. The van der Waals surface area contributed by atoms with Crippen molar-refractivity contribution in [3.05, 3.63) is 52.1 Å². The molecule has 0 fully saturated rings. The smallest absolute Gasteiger partial charge is 0.219 e. The lowest BCUT2D eigenvalue weighted by Crippen LogP contribution is -1.89. The fourth-order valence-corrected chi connectivity index (χ4v) is 1.69. The van der Waals surface area contributed by atoms with Gasteiger partial charge in [0.2, 0.25) is 5.88 Å². The van der Waals surface area contributed by atoms with Crippen molar-refractivity contribution in [2.75, 3.05) is 0 Å². The molecule has 0 amide bonds. The summed E-state index contributed by atoms with van der Waals surface area (Å²) >= 11 is 17.5. The van der Waals surface area contributed by atoms with Gasteiger partial charge in [-0.15, -0.1) is 11.6 Å². The van der Waals surface area contributed by atoms with Crippen molar-refractivity contribution in [1.29, 1.82) is 0 Å². The van der Waals surface area contributed by atoms with E-state index in [9.17, 15) is 0 Å². The van der Waals surface area contributed by atoms with Crippen LogP contribution in [0.25, 0.3) is 0 Å². The van der Waals surface area contributed by atoms with Crippen LogP contribution in [0, 0.1) is 0 Å². The molecule has 0 aliphatic heterocycles. The van der Waals surface area contributed by atoms with Gasteiger partial charge >= 0.3 is 0 Å². The molecule has 0 atom stereocenters. The van der Waals surface area contributed by atoms with Gasteiger partial charge in [-0.2, -0.15) is 0 Å². The average Bonchev–Trinajstić information content (AvgIpc) is 2.35. The van der Waals surface area contributed by atoms with Crippen molar-refractivity contribution in [3.63, 3.8) is 0 Å². The second kappa shape index (κ2) is 5.58. The minimum atomic E-state index is 0.422. The van der Waals surface area contributed by atoms with E-state index in [-0.39, 0.29) is 0 Å². The number of hydrogen-bond acceptors (Lipinski definition) is 2. The Morgan fingerprint density at radius 3 is 2.59 bits per heavy atom. The van der Waals surface area contributed by atoms with E-state index in [1.807, 2.05) is 6.07 Å². The molecule has 88 valence electrons. The third-order valence-corrected chi connectivity index (χ3v) is 2.92. The second-order valence-electron chi connectivity index (χ2n) is 3.32. The molecule has 17 heavy (non-hydrogen) atoms. The van der Waals surface area contributed by atoms with Crippen LogP contribution in [-0.2, 0) is 5.88 Å². The Kier molecular flexibility index (Phi) is 4.11. The van der Waals surface area contributed by atoms with Crippen molar-refractivity contribution in [1.82, 2.24) is 4.98 Å². The molecular formula is C12H8Cl3NO. The first-order valence-electron chi connectivity index (χ1n) is 4.83. The second-order valence-corrected chi connectivity index (χ2v) is 4.43. The summed E-state index contributed by atoms with van der Waals surface area (Å²) in [6.45, 7) is 0. The highest BCUT2D eigenvalue weighted by Crippen LogP contribution is 2.31. The first-order chi connectivity index (χ1) is 8.19. The fourth-order valence-electron chi connectivity index (χ4n) is 1.22. The fraction of sp³-hybridized carbons (Fsp3) is 0.0833. The van der Waals surface area contributed by atoms with Gasteiger partial charge in [0.1, 0.15) is 5.75 Å². The lowest BCUT2D eigenvalue weighted by molar-refractivity contribution is 0.463. The van der Waals surface area contributed by atoms with Crippen LogP contribution in [0.3, 0.4) is 0 Å². The van der Waals surface area contributed by atoms with E-state index in [0.29, 0.717) is 27.6 Å². The number of rotatable bonds is 3. The first-order valence-corrected chi connectivity index (χ1v) is 6.12. The molecule has 1 aromatic heterocycles. The summed E-state index contributed by atoms with van der Waals surface area (Å²) in [5, 5.41) is 1.04. The Morgan fingerprint density at radius 1 is 1.12 bits per heavy atom. The zero-order valence-corrected chi connectivity index (χ0v) is 10.9. The van der Waals surface area contributed by atoms with Crippen LogP contribution in [-0.4, -0.2) is 4.98 Å². The summed E-state index contributed by atoms with van der Waals surface area (Å²) < 4.78 is 5.52. The topological polar surface area (TPSA) is 22.1 Å². The molecule has 2 nitrogen and oxygen atoms in total. The van der Waals surface area contributed by atoms with Crippen LogP contribution >= 0.6 is 34.8 Å². The first kappa shape index (κ1) is 12.5. The Labute approximate surface area is 114 Å². The van der Waals surface area contributed by atoms with E-state index in [0.717, 1.165) is 5.56 Å². The maximum atomic E-state index is 5.97. The summed E-state index contributed by atoms with van der Waals surface area (Å²) in [4.78, 5) is 4.11. The van der Waals surface area contributed by atoms with Gasteiger partial charge in [-0.05, 0) is 17.7 Å². The molecule has 1 heterocycles. The van der Waals surface area contributed by atoms with Gasteiger partial charge in [0.25, 0.3) is 0 Å². The van der Waals surface area contributed by atoms with Gasteiger partial charge in [0, 0.05) is 29.2 Å². The number of benzene rings is 1. The van der Waals surface area contributed by atoms with E-state index >= 15 is 0 Å². The van der Waals surface area contributed by atoms with E-state index in [1.165, 1.54) is 0 Å². The molecule has 1 aromatic carbocycles. The van der Waals surface area contributed by atoms with Gasteiger partial charge in [-0.1, -0.05) is 29.3 Å². The van der Waals surface area contributed by atoms with Gasteiger partial charge in [-0.25, -0.2) is 4.98 Å². The molecule has 0 bridgehead atoms. The van der Waals surface area contributed by atoms with Gasteiger partial charge in [-0.3, -0.25) is 0 Å². The molecule has 2 aromatic rings. The SMILES string of the molecule is ClCc1ccc(Oc2cc(Cl)ccc2Cl)nc1. The molecule has 5 heteroatoms. The maximum Gasteiger partial charge on any atom is 0.219 e. The number of hydrogen-bond donors (Lipinski definition) is 0. The summed E-state index contributed by atoms with van der Waals surface area (Å²) in [5.74, 6) is 1.35. The maximum absolute atomic E-state index is 5.97. The summed E-state index contributed by atoms with van der Waals surface area (Å²) in [6.07, 6.45) is 1.65. The number of ether oxygens (including phenoxy) is 1. The van der Waals surface area contributed by atoms with E-state index in [1.54, 1.807) is 30.5 Å². The molecule has 0 radical (unpaired) electrons. The quantitative estimate of drug-likeness (QED) is 0.748. The third kappa shape index (κ3) is 3.25. The van der Waals surface area contributed by atoms with Crippen molar-refractivity contribution in [2.45, 2.75) is 5.88 Å². The predicted octanol–water partition coefficient (Wildman–Crippen LogP) is 4.92. The van der Waals surface area contributed by atoms with Crippen LogP contribution in [0.5, 0.6) is 11.6 Å². The van der Waals surface area contributed by atoms with E-state index in [2.05, 4.69) is 4.98 Å². The molecule has 0 saturated carbocycles. The molecule has 2 rings (SSSR count). The highest BCUT2D eigenvalue weighted by atomic mass is 35.5. The monoisotopic (exact) mass is 287 g/mol. The number of aromatic nitrogens is 1. The number of nitrogens with zero attached hydrogens (tertiary/aromatic N) is 1. The number of halogens is 3. The Hall–Kier alpha value is -0.960. The normalized spacial score (nSPS) is 10.3. The van der Waals surface area contributed by atoms with Gasteiger partial charge in [0.05, 0.1) is 5.02 Å². The van der Waals surface area contributed by atoms with Gasteiger partial charge < -0.3 is 4.74 Å². The van der Waals surface area contributed by atoms with E-state index in [4.69, 9.17) is 39.5 Å². The zero-order chi connectivity index (χ0) is 12.3. The molecule has 0 saturated heterocycles. The average molecular weight is 289 g/mol. The number of pyridine rings is 1. The zero-order valence-electron chi connectivity index (χ0n) is 8.66. The van der Waals surface area contributed by atoms with Crippen LogP contribution < -0.4 is 4.74 Å². The van der Waals surface area contributed by atoms with Crippen molar-refractivity contribution in [2.24, 2.45) is 0 Å². The van der Waals surface area contributed by atoms with Crippen molar-refractivity contribution in [3.8, 4) is 11.6 Å². The van der Waals surface area contributed by atoms with Crippen LogP contribution in [0.1, 0.15) is 5.56 Å². The van der Waals surface area contributed by atoms with Crippen molar-refractivity contribution < 1.29 is 4.74 Å². The van der Waals surface area contributed by atoms with E-state index < -0.39 is 0 Å². The molecule has 0 spiro atoms. The van der Waals surface area contributed by atoms with Crippen molar-refractivity contribution >= 4 is 34.8 Å². The van der Waals surface area contributed by atoms with Crippen LogP contribution in [0.2, 0.25) is 10.0 Å². The highest BCUT2D eigenvalue weighted by Gasteiger charge is 2.05. The molecule has 0 aliphatic carbocycles. The summed E-state index contributed by atoms with van der Waals surface area (Å²) in [6, 6.07) is 8.58. The predicted molar refractivity (Wildman–Crippen MR) is 70.3 cm³/mol. The number of alkyl halides is 1. The largest absolute Gasteiger partial charge is 0.437 e. The van der Waals surface area contributed by atoms with Crippen LogP contribution in [0.4, 0.5) is 0 Å². The molecule has 0 unspecified atom stereocenters. The Bertz CT molecular complexity index is 514. The molecule has 0 N–H and O–H groups in total. The van der Waals surface area contributed by atoms with Crippen LogP contribution in [0.15, 0.2) is 36.5 Å². The minimum absolute atomic E-state index is 0.422. The summed E-state index contributed by atoms with van der Waals surface area (Å²) in [7, 11) is 0. The lowest BCUT2D eigenvalue weighted by Gasteiger charge is -2.07. The Balaban J connectivity index is 2.22. The Morgan fingerprint density at radius 2 is 1.94 bits per heavy atom. The third-order valence-electron chi connectivity index (χ3n) is 2.06.